The Morgan fingerprint density at radius 2 is 1.61 bits per heavy atom. The van der Waals surface area contributed by atoms with Gasteiger partial charge in [-0.25, -0.2) is 13.1 Å². The van der Waals surface area contributed by atoms with Crippen molar-refractivity contribution in [2.75, 3.05) is 6.54 Å². The molecule has 7 nitrogen and oxygen atoms in total. The molecular weight excluding hydrogens is 438 g/mol. The van der Waals surface area contributed by atoms with Crippen molar-refractivity contribution in [3.8, 4) is 0 Å². The van der Waals surface area contributed by atoms with Gasteiger partial charge in [-0.1, -0.05) is 60.7 Å². The lowest BCUT2D eigenvalue weighted by Crippen LogP contribution is -2.49. The van der Waals surface area contributed by atoms with Crippen LogP contribution >= 0.6 is 0 Å². The number of amides is 2. The number of rotatable bonds is 10. The minimum absolute atomic E-state index is 0.0662. The second-order valence-corrected chi connectivity index (χ2v) is 10.0. The molecule has 0 bridgehead atoms. The predicted octanol–water partition coefficient (Wildman–Crippen LogP) is 2.51. The van der Waals surface area contributed by atoms with E-state index in [2.05, 4.69) is 15.4 Å². The van der Waals surface area contributed by atoms with Gasteiger partial charge < -0.3 is 10.6 Å². The summed E-state index contributed by atoms with van der Waals surface area (Å²) in [6.45, 7) is -0.0662. The summed E-state index contributed by atoms with van der Waals surface area (Å²) in [6, 6.07) is 21.3. The van der Waals surface area contributed by atoms with Crippen LogP contribution in [-0.2, 0) is 26.0 Å². The van der Waals surface area contributed by atoms with Crippen molar-refractivity contribution in [2.24, 2.45) is 0 Å². The third kappa shape index (κ3) is 6.40. The minimum atomic E-state index is -3.76. The van der Waals surface area contributed by atoms with Gasteiger partial charge in [-0.05, 0) is 41.3 Å². The van der Waals surface area contributed by atoms with Crippen molar-refractivity contribution >= 4 is 32.6 Å². The van der Waals surface area contributed by atoms with Gasteiger partial charge in [-0.3, -0.25) is 9.59 Å². The minimum Gasteiger partial charge on any atom is -0.352 e. The van der Waals surface area contributed by atoms with Crippen LogP contribution in [0.5, 0.6) is 0 Å². The Labute approximate surface area is 193 Å². The average molecular weight is 466 g/mol. The lowest BCUT2D eigenvalue weighted by Gasteiger charge is -2.19. The van der Waals surface area contributed by atoms with Gasteiger partial charge in [-0.15, -0.1) is 0 Å². The van der Waals surface area contributed by atoms with Gasteiger partial charge in [0.1, 0.15) is 6.04 Å². The quantitative estimate of drug-likeness (QED) is 0.428. The number of fused-ring (bicyclic) bond motifs is 1. The van der Waals surface area contributed by atoms with E-state index >= 15 is 0 Å². The van der Waals surface area contributed by atoms with Gasteiger partial charge in [0.05, 0.1) is 4.90 Å². The molecule has 1 aliphatic rings. The number of sulfonamides is 1. The molecule has 0 radical (unpaired) electrons. The molecule has 0 heterocycles. The zero-order valence-electron chi connectivity index (χ0n) is 18.2. The number of nitrogens with one attached hydrogen (secondary N) is 3. The fraction of sp³-hybridized carbons (Fsp3) is 0.280. The fourth-order valence-corrected chi connectivity index (χ4v) is 4.64. The molecule has 3 aromatic carbocycles. The highest BCUT2D eigenvalue weighted by atomic mass is 32.2. The van der Waals surface area contributed by atoms with E-state index in [-0.39, 0.29) is 35.7 Å². The fourth-order valence-electron chi connectivity index (χ4n) is 3.57. The highest BCUT2D eigenvalue weighted by Crippen LogP contribution is 2.20. The monoisotopic (exact) mass is 465 g/mol. The Morgan fingerprint density at radius 3 is 2.33 bits per heavy atom. The van der Waals surface area contributed by atoms with Crippen LogP contribution in [0.25, 0.3) is 10.8 Å². The first-order valence-corrected chi connectivity index (χ1v) is 12.5. The van der Waals surface area contributed by atoms with Crippen molar-refractivity contribution in [1.82, 2.24) is 15.4 Å². The highest BCUT2D eigenvalue weighted by molar-refractivity contribution is 7.89. The molecule has 1 saturated carbocycles. The number of hydrogen-bond donors (Lipinski definition) is 3. The Bertz CT molecular complexity index is 1240. The summed E-state index contributed by atoms with van der Waals surface area (Å²) < 4.78 is 27.8. The molecule has 0 aliphatic heterocycles. The topological polar surface area (TPSA) is 104 Å². The molecule has 1 fully saturated rings. The highest BCUT2D eigenvalue weighted by Gasteiger charge is 2.28. The Kier molecular flexibility index (Phi) is 7.05. The van der Waals surface area contributed by atoms with E-state index in [0.29, 0.717) is 6.42 Å². The van der Waals surface area contributed by atoms with Crippen molar-refractivity contribution < 1.29 is 18.0 Å². The molecule has 1 aliphatic carbocycles. The van der Waals surface area contributed by atoms with Crippen LogP contribution in [-0.4, -0.2) is 38.9 Å². The van der Waals surface area contributed by atoms with E-state index in [0.717, 1.165) is 29.2 Å². The van der Waals surface area contributed by atoms with E-state index in [4.69, 9.17) is 0 Å². The molecule has 0 saturated heterocycles. The molecule has 1 unspecified atom stereocenters. The number of hydrogen-bond acceptors (Lipinski definition) is 4. The summed E-state index contributed by atoms with van der Waals surface area (Å²) in [5.41, 5.74) is 0.936. The van der Waals surface area contributed by atoms with Gasteiger partial charge in [0.2, 0.25) is 21.8 Å². The van der Waals surface area contributed by atoms with Crippen LogP contribution in [0.1, 0.15) is 24.8 Å². The maximum absolute atomic E-state index is 12.7. The Morgan fingerprint density at radius 1 is 0.909 bits per heavy atom. The third-order valence-corrected chi connectivity index (χ3v) is 6.99. The van der Waals surface area contributed by atoms with Crippen LogP contribution in [0.3, 0.4) is 0 Å². The summed E-state index contributed by atoms with van der Waals surface area (Å²) in [5, 5.41) is 7.47. The van der Waals surface area contributed by atoms with Crippen LogP contribution in [0.15, 0.2) is 77.7 Å². The number of carbonyl (C=O) groups is 2. The van der Waals surface area contributed by atoms with E-state index in [1.807, 2.05) is 54.6 Å². The summed E-state index contributed by atoms with van der Waals surface area (Å²) in [6.07, 6.45) is 2.20. The van der Waals surface area contributed by atoms with E-state index in [1.54, 1.807) is 18.2 Å². The van der Waals surface area contributed by atoms with Crippen molar-refractivity contribution in [3.63, 3.8) is 0 Å². The summed E-state index contributed by atoms with van der Waals surface area (Å²) in [5.74, 6) is -0.602. The molecule has 2 amide bonds. The molecule has 1 atom stereocenters. The second-order valence-electron chi connectivity index (χ2n) is 8.25. The van der Waals surface area contributed by atoms with Gasteiger partial charge in [-0.2, -0.15) is 0 Å². The van der Waals surface area contributed by atoms with Gasteiger partial charge >= 0.3 is 0 Å². The zero-order chi connectivity index (χ0) is 23.3. The van der Waals surface area contributed by atoms with Crippen LogP contribution < -0.4 is 15.4 Å². The lowest BCUT2D eigenvalue weighted by molar-refractivity contribution is -0.129. The van der Waals surface area contributed by atoms with Gasteiger partial charge in [0.15, 0.2) is 0 Å². The van der Waals surface area contributed by atoms with Crippen molar-refractivity contribution in [1.29, 1.82) is 0 Å². The maximum Gasteiger partial charge on any atom is 0.243 e. The average Bonchev–Trinajstić information content (AvgIpc) is 3.63. The summed E-state index contributed by atoms with van der Waals surface area (Å²) >= 11 is 0. The Hall–Kier alpha value is -3.23. The standard InChI is InChI=1S/C25H27N3O4S/c29-24(28-23(25(30)27-21-11-12-21)16-18-6-2-1-3-7-18)14-15-26-33(31,32)22-13-10-19-8-4-5-9-20(19)17-22/h1-10,13,17,21,23,26H,11-12,14-16H2,(H,27,30)(H,28,29). The molecule has 33 heavy (non-hydrogen) atoms. The summed E-state index contributed by atoms with van der Waals surface area (Å²) in [7, 11) is -3.76. The summed E-state index contributed by atoms with van der Waals surface area (Å²) in [4.78, 5) is 25.3. The van der Waals surface area contributed by atoms with Crippen molar-refractivity contribution in [3.05, 3.63) is 78.4 Å². The van der Waals surface area contributed by atoms with Gasteiger partial charge in [0, 0.05) is 25.4 Å². The molecular formula is C25H27N3O4S. The SMILES string of the molecule is O=C(CCNS(=O)(=O)c1ccc2ccccc2c1)NC(Cc1ccccc1)C(=O)NC1CC1. The van der Waals surface area contributed by atoms with Crippen LogP contribution in [0.2, 0.25) is 0 Å². The van der Waals surface area contributed by atoms with Gasteiger partial charge in [0.25, 0.3) is 0 Å². The molecule has 0 spiro atoms. The largest absolute Gasteiger partial charge is 0.352 e. The van der Waals surface area contributed by atoms with Crippen LogP contribution in [0.4, 0.5) is 0 Å². The molecule has 3 N–H and O–H groups in total. The molecule has 3 aromatic rings. The second kappa shape index (κ2) is 10.1. The van der Waals surface area contributed by atoms with Crippen molar-refractivity contribution in [2.45, 2.75) is 42.7 Å². The number of carbonyl (C=O) groups excluding carboxylic acids is 2. The van der Waals surface area contributed by atoms with E-state index in [1.165, 1.54) is 0 Å². The normalized spacial score (nSPS) is 14.5. The number of benzene rings is 3. The predicted molar refractivity (Wildman–Crippen MR) is 127 cm³/mol. The Balaban J connectivity index is 1.34. The first-order valence-electron chi connectivity index (χ1n) is 11.0. The molecule has 4 rings (SSSR count). The smallest absolute Gasteiger partial charge is 0.243 e. The molecule has 8 heteroatoms. The third-order valence-electron chi connectivity index (χ3n) is 5.53. The lowest BCUT2D eigenvalue weighted by atomic mass is 10.0. The molecule has 0 aromatic heterocycles. The van der Waals surface area contributed by atoms with Crippen LogP contribution in [0, 0.1) is 0 Å². The first-order chi connectivity index (χ1) is 15.9. The van der Waals surface area contributed by atoms with E-state index < -0.39 is 16.1 Å². The first kappa shape index (κ1) is 22.9. The van der Waals surface area contributed by atoms with E-state index in [9.17, 15) is 18.0 Å². The maximum atomic E-state index is 12.7. The molecule has 172 valence electrons. The zero-order valence-corrected chi connectivity index (χ0v) is 19.0.